The van der Waals surface area contributed by atoms with E-state index in [1.807, 2.05) is 13.8 Å². The van der Waals surface area contributed by atoms with Crippen molar-refractivity contribution in [3.63, 3.8) is 0 Å². The van der Waals surface area contributed by atoms with Gasteiger partial charge in [0.2, 0.25) is 5.91 Å². The lowest BCUT2D eigenvalue weighted by atomic mass is 9.98. The van der Waals surface area contributed by atoms with Crippen LogP contribution in [0.15, 0.2) is 24.3 Å². The minimum absolute atomic E-state index is 0.00569. The summed E-state index contributed by atoms with van der Waals surface area (Å²) in [6.45, 7) is 3.80. The molecule has 4 unspecified atom stereocenters. The molecule has 0 aliphatic heterocycles. The highest BCUT2D eigenvalue weighted by molar-refractivity contribution is 5.81. The van der Waals surface area contributed by atoms with Crippen LogP contribution in [0.2, 0.25) is 0 Å². The summed E-state index contributed by atoms with van der Waals surface area (Å²) >= 11 is 0. The number of hydrogen-bond acceptors (Lipinski definition) is 2. The van der Waals surface area contributed by atoms with Crippen molar-refractivity contribution in [3.05, 3.63) is 35.4 Å². The van der Waals surface area contributed by atoms with Gasteiger partial charge in [-0.2, -0.15) is 13.2 Å². The van der Waals surface area contributed by atoms with Crippen molar-refractivity contribution in [2.45, 2.75) is 45.0 Å². The van der Waals surface area contributed by atoms with Crippen LogP contribution in [0.25, 0.3) is 0 Å². The fourth-order valence-corrected chi connectivity index (χ4v) is 2.48. The summed E-state index contributed by atoms with van der Waals surface area (Å²) in [5, 5.41) is 13.1. The molecule has 0 radical (unpaired) electrons. The number of aliphatic hydroxyl groups excluding tert-OH is 1. The van der Waals surface area contributed by atoms with Crippen LogP contribution < -0.4 is 5.32 Å². The normalized spacial score (nSPS) is 23.7. The predicted octanol–water partition coefficient (Wildman–Crippen LogP) is 3.29. The number of rotatable bonds is 5. The van der Waals surface area contributed by atoms with E-state index >= 15 is 0 Å². The second kappa shape index (κ2) is 6.28. The molecule has 2 rings (SSSR count). The van der Waals surface area contributed by atoms with Crippen molar-refractivity contribution < 1.29 is 23.1 Å². The zero-order valence-electron chi connectivity index (χ0n) is 12.5. The quantitative estimate of drug-likeness (QED) is 0.876. The summed E-state index contributed by atoms with van der Waals surface area (Å²) in [6.07, 6.45) is -4.08. The Kier molecular flexibility index (Phi) is 4.80. The van der Waals surface area contributed by atoms with Gasteiger partial charge >= 0.3 is 6.18 Å². The van der Waals surface area contributed by atoms with Gasteiger partial charge in [-0.05, 0) is 36.5 Å². The molecule has 3 nitrogen and oxygen atoms in total. The fraction of sp³-hybridized carbons (Fsp3) is 0.562. The molecular formula is C16H20F3NO2. The van der Waals surface area contributed by atoms with Gasteiger partial charge in [0, 0.05) is 5.92 Å². The van der Waals surface area contributed by atoms with Crippen molar-refractivity contribution in [2.24, 2.45) is 11.8 Å². The largest absolute Gasteiger partial charge is 0.416 e. The molecule has 0 saturated heterocycles. The number of halogens is 3. The Labute approximate surface area is 127 Å². The van der Waals surface area contributed by atoms with Crippen molar-refractivity contribution in [1.82, 2.24) is 5.32 Å². The zero-order valence-corrected chi connectivity index (χ0v) is 12.5. The van der Waals surface area contributed by atoms with Crippen molar-refractivity contribution >= 4 is 5.91 Å². The number of alkyl halides is 3. The Bertz CT molecular complexity index is 527. The maximum absolute atomic E-state index is 12.5. The Morgan fingerprint density at radius 3 is 2.32 bits per heavy atom. The summed E-state index contributed by atoms with van der Waals surface area (Å²) < 4.78 is 37.6. The summed E-state index contributed by atoms with van der Waals surface area (Å²) in [5.41, 5.74) is -0.392. The predicted molar refractivity (Wildman–Crippen MR) is 75.9 cm³/mol. The van der Waals surface area contributed by atoms with E-state index in [-0.39, 0.29) is 11.8 Å². The number of amides is 1. The maximum atomic E-state index is 12.5. The zero-order chi connectivity index (χ0) is 16.5. The average Bonchev–Trinajstić information content (AvgIpc) is 3.20. The Morgan fingerprint density at radius 2 is 1.91 bits per heavy atom. The van der Waals surface area contributed by atoms with E-state index in [0.29, 0.717) is 17.9 Å². The van der Waals surface area contributed by atoms with Gasteiger partial charge in [0.25, 0.3) is 0 Å². The molecule has 1 aliphatic rings. The van der Waals surface area contributed by atoms with E-state index in [4.69, 9.17) is 0 Å². The molecule has 0 bridgehead atoms. The van der Waals surface area contributed by atoms with Crippen molar-refractivity contribution in [3.8, 4) is 0 Å². The first-order valence-corrected chi connectivity index (χ1v) is 7.39. The minimum atomic E-state index is -4.40. The monoisotopic (exact) mass is 315 g/mol. The highest BCUT2D eigenvalue weighted by Crippen LogP contribution is 2.38. The van der Waals surface area contributed by atoms with Gasteiger partial charge in [-0.3, -0.25) is 4.79 Å². The van der Waals surface area contributed by atoms with E-state index in [2.05, 4.69) is 5.32 Å². The Morgan fingerprint density at radius 1 is 1.36 bits per heavy atom. The molecule has 1 aromatic carbocycles. The third kappa shape index (κ3) is 3.80. The topological polar surface area (TPSA) is 49.3 Å². The molecule has 122 valence electrons. The highest BCUT2D eigenvalue weighted by atomic mass is 19.4. The number of carbonyl (C=O) groups excluding carboxylic acids is 1. The smallest absolute Gasteiger partial charge is 0.386 e. The molecular weight excluding hydrogens is 295 g/mol. The first-order valence-electron chi connectivity index (χ1n) is 7.39. The lowest BCUT2D eigenvalue weighted by molar-refractivity contribution is -0.137. The van der Waals surface area contributed by atoms with Crippen LogP contribution in [0.5, 0.6) is 0 Å². The third-order valence-corrected chi connectivity index (χ3v) is 4.17. The van der Waals surface area contributed by atoms with Crippen LogP contribution in [0.1, 0.15) is 43.9 Å². The lowest BCUT2D eigenvalue weighted by Gasteiger charge is -2.23. The van der Waals surface area contributed by atoms with Crippen molar-refractivity contribution in [1.29, 1.82) is 0 Å². The molecule has 1 fully saturated rings. The molecule has 0 heterocycles. The summed E-state index contributed by atoms with van der Waals surface area (Å²) in [4.78, 5) is 11.9. The van der Waals surface area contributed by atoms with Gasteiger partial charge in [-0.25, -0.2) is 0 Å². The maximum Gasteiger partial charge on any atom is 0.416 e. The van der Waals surface area contributed by atoms with Crippen LogP contribution >= 0.6 is 0 Å². The molecule has 0 aromatic heterocycles. The Balaban J connectivity index is 2.04. The van der Waals surface area contributed by atoms with Gasteiger partial charge in [0.15, 0.2) is 0 Å². The summed E-state index contributed by atoms with van der Waals surface area (Å²) in [5.74, 6) is 0.264. The summed E-state index contributed by atoms with van der Waals surface area (Å²) in [6, 6.07) is 3.88. The third-order valence-electron chi connectivity index (χ3n) is 4.17. The van der Waals surface area contributed by atoms with Crippen LogP contribution in [0.3, 0.4) is 0 Å². The van der Waals surface area contributed by atoms with Gasteiger partial charge in [0.05, 0.1) is 17.7 Å². The molecule has 0 spiro atoms. The average molecular weight is 315 g/mol. The van der Waals surface area contributed by atoms with Gasteiger partial charge in [-0.1, -0.05) is 26.0 Å². The molecule has 1 saturated carbocycles. The number of aliphatic hydroxyl groups is 1. The highest BCUT2D eigenvalue weighted by Gasteiger charge is 2.40. The molecule has 1 amide bonds. The number of carbonyl (C=O) groups is 1. The van der Waals surface area contributed by atoms with Gasteiger partial charge in [-0.15, -0.1) is 0 Å². The number of benzene rings is 1. The molecule has 1 aromatic rings. The SMILES string of the molecule is CCC(NC(=O)C1CC1C)C(O)c1ccc(C(F)(F)F)cc1. The van der Waals surface area contributed by atoms with Gasteiger partial charge in [0.1, 0.15) is 0 Å². The number of nitrogens with one attached hydrogen (secondary N) is 1. The van der Waals surface area contributed by atoms with Crippen LogP contribution in [0, 0.1) is 11.8 Å². The van der Waals surface area contributed by atoms with Gasteiger partial charge < -0.3 is 10.4 Å². The molecule has 6 heteroatoms. The molecule has 1 aliphatic carbocycles. The van der Waals surface area contributed by atoms with E-state index in [1.165, 1.54) is 12.1 Å². The molecule has 4 atom stereocenters. The molecule has 2 N–H and O–H groups in total. The van der Waals surface area contributed by atoms with Crippen LogP contribution in [-0.2, 0) is 11.0 Å². The standard InChI is InChI=1S/C16H20F3NO2/c1-3-13(20-15(22)12-8-9(12)2)14(21)10-4-6-11(7-5-10)16(17,18)19/h4-7,9,12-14,21H,3,8H2,1-2H3,(H,20,22). The Hall–Kier alpha value is -1.56. The fourth-order valence-electron chi connectivity index (χ4n) is 2.48. The van der Waals surface area contributed by atoms with Crippen LogP contribution in [-0.4, -0.2) is 17.1 Å². The van der Waals surface area contributed by atoms with E-state index in [1.54, 1.807) is 0 Å². The van der Waals surface area contributed by atoms with E-state index < -0.39 is 23.9 Å². The number of hydrogen-bond donors (Lipinski definition) is 2. The first-order chi connectivity index (χ1) is 10.2. The summed E-state index contributed by atoms with van der Waals surface area (Å²) in [7, 11) is 0. The van der Waals surface area contributed by atoms with E-state index in [0.717, 1.165) is 18.6 Å². The molecule has 22 heavy (non-hydrogen) atoms. The second-order valence-electron chi connectivity index (χ2n) is 5.91. The van der Waals surface area contributed by atoms with Crippen LogP contribution in [0.4, 0.5) is 13.2 Å². The van der Waals surface area contributed by atoms with Crippen molar-refractivity contribution in [2.75, 3.05) is 0 Å². The minimum Gasteiger partial charge on any atom is -0.386 e. The second-order valence-corrected chi connectivity index (χ2v) is 5.91. The first kappa shape index (κ1) is 16.8. The van der Waals surface area contributed by atoms with E-state index in [9.17, 15) is 23.1 Å². The lowest BCUT2D eigenvalue weighted by Crippen LogP contribution is -2.40.